The summed E-state index contributed by atoms with van der Waals surface area (Å²) >= 11 is 0. The monoisotopic (exact) mass is 344 g/mol. The highest BCUT2D eigenvalue weighted by Crippen LogP contribution is 2.29. The van der Waals surface area contributed by atoms with E-state index < -0.39 is 5.97 Å². The van der Waals surface area contributed by atoms with Gasteiger partial charge in [0.25, 0.3) is 0 Å². The highest BCUT2D eigenvalue weighted by atomic mass is 16.6. The summed E-state index contributed by atoms with van der Waals surface area (Å²) in [6.07, 6.45) is 0.705. The number of methoxy groups -OCH3 is 1. The fraction of sp³-hybridized carbons (Fsp3) is 0.263. The standard InChI is InChI=1S/C19H20O6/c1-3-23-18-12-14(13-20)4-9-17(18)25-19(21)15-5-7-16(8-6-15)24-11-10-22-2/h4-9,12-13H,3,10-11H2,1-2H3. The predicted molar refractivity (Wildman–Crippen MR) is 91.8 cm³/mol. The number of aldehydes is 1. The molecule has 0 saturated heterocycles. The highest BCUT2D eigenvalue weighted by molar-refractivity contribution is 5.91. The van der Waals surface area contributed by atoms with Crippen LogP contribution in [0.5, 0.6) is 17.2 Å². The van der Waals surface area contributed by atoms with Crippen molar-refractivity contribution < 1.29 is 28.5 Å². The first-order valence-corrected chi connectivity index (χ1v) is 7.84. The second-order valence-electron chi connectivity index (χ2n) is 5.01. The summed E-state index contributed by atoms with van der Waals surface area (Å²) in [7, 11) is 1.60. The molecule has 6 heteroatoms. The Morgan fingerprint density at radius 2 is 1.76 bits per heavy atom. The van der Waals surface area contributed by atoms with Gasteiger partial charge in [-0.2, -0.15) is 0 Å². The van der Waals surface area contributed by atoms with Crippen LogP contribution in [0.2, 0.25) is 0 Å². The molecule has 0 aliphatic heterocycles. The first-order valence-electron chi connectivity index (χ1n) is 7.84. The molecule has 0 bridgehead atoms. The maximum absolute atomic E-state index is 12.3. The van der Waals surface area contributed by atoms with Crippen LogP contribution in [0.4, 0.5) is 0 Å². The Labute approximate surface area is 146 Å². The molecule has 0 heterocycles. The predicted octanol–water partition coefficient (Wildman–Crippen LogP) is 3.14. The molecule has 0 fully saturated rings. The molecular formula is C19H20O6. The SMILES string of the molecule is CCOc1cc(C=O)ccc1OC(=O)c1ccc(OCCOC)cc1. The Kier molecular flexibility index (Phi) is 6.98. The molecule has 2 aromatic carbocycles. The summed E-state index contributed by atoms with van der Waals surface area (Å²) in [5.41, 5.74) is 0.821. The van der Waals surface area contributed by atoms with Gasteiger partial charge in [-0.15, -0.1) is 0 Å². The van der Waals surface area contributed by atoms with E-state index in [1.807, 2.05) is 6.92 Å². The average Bonchev–Trinajstić information content (AvgIpc) is 2.64. The van der Waals surface area contributed by atoms with Gasteiger partial charge in [0.1, 0.15) is 18.6 Å². The fourth-order valence-corrected chi connectivity index (χ4v) is 2.04. The summed E-state index contributed by atoms with van der Waals surface area (Å²) < 4.78 is 21.2. The largest absolute Gasteiger partial charge is 0.491 e. The van der Waals surface area contributed by atoms with Gasteiger partial charge in [0.05, 0.1) is 18.8 Å². The van der Waals surface area contributed by atoms with E-state index in [1.165, 1.54) is 12.1 Å². The van der Waals surface area contributed by atoms with E-state index in [1.54, 1.807) is 37.4 Å². The summed E-state index contributed by atoms with van der Waals surface area (Å²) in [4.78, 5) is 23.1. The number of carbonyl (C=O) groups excluding carboxylic acids is 2. The van der Waals surface area contributed by atoms with E-state index in [4.69, 9.17) is 18.9 Å². The zero-order valence-corrected chi connectivity index (χ0v) is 14.2. The third-order valence-corrected chi connectivity index (χ3v) is 3.25. The highest BCUT2D eigenvalue weighted by Gasteiger charge is 2.13. The van der Waals surface area contributed by atoms with Crippen molar-refractivity contribution in [3.05, 3.63) is 53.6 Å². The van der Waals surface area contributed by atoms with Gasteiger partial charge in [0.15, 0.2) is 11.5 Å². The molecule has 2 aromatic rings. The van der Waals surface area contributed by atoms with Gasteiger partial charge in [-0.1, -0.05) is 0 Å². The summed E-state index contributed by atoms with van der Waals surface area (Å²) in [5.74, 6) is 0.722. The Hall–Kier alpha value is -2.86. The number of carbonyl (C=O) groups is 2. The molecule has 6 nitrogen and oxygen atoms in total. The van der Waals surface area contributed by atoms with Crippen LogP contribution in [0.1, 0.15) is 27.6 Å². The van der Waals surface area contributed by atoms with Crippen molar-refractivity contribution in [3.8, 4) is 17.2 Å². The van der Waals surface area contributed by atoms with Crippen molar-refractivity contribution in [2.45, 2.75) is 6.92 Å². The van der Waals surface area contributed by atoms with Gasteiger partial charge in [-0.25, -0.2) is 4.79 Å². The Morgan fingerprint density at radius 3 is 2.40 bits per heavy atom. The van der Waals surface area contributed by atoms with Gasteiger partial charge >= 0.3 is 5.97 Å². The van der Waals surface area contributed by atoms with Crippen molar-refractivity contribution >= 4 is 12.3 Å². The van der Waals surface area contributed by atoms with Crippen LogP contribution in [0.15, 0.2) is 42.5 Å². The van der Waals surface area contributed by atoms with Crippen LogP contribution in [-0.4, -0.2) is 39.2 Å². The molecule has 0 radical (unpaired) electrons. The molecule has 2 rings (SSSR count). The number of benzene rings is 2. The fourth-order valence-electron chi connectivity index (χ4n) is 2.04. The molecule has 0 aromatic heterocycles. The Morgan fingerprint density at radius 1 is 1.00 bits per heavy atom. The molecule has 0 spiro atoms. The van der Waals surface area contributed by atoms with Gasteiger partial charge in [0.2, 0.25) is 0 Å². The van der Waals surface area contributed by atoms with Crippen molar-refractivity contribution in [2.24, 2.45) is 0 Å². The average molecular weight is 344 g/mol. The van der Waals surface area contributed by atoms with Crippen LogP contribution in [-0.2, 0) is 4.74 Å². The lowest BCUT2D eigenvalue weighted by molar-refractivity contribution is 0.0728. The van der Waals surface area contributed by atoms with Crippen LogP contribution in [0, 0.1) is 0 Å². The van der Waals surface area contributed by atoms with E-state index in [2.05, 4.69) is 0 Å². The Bertz CT molecular complexity index is 708. The molecule has 0 unspecified atom stereocenters. The van der Waals surface area contributed by atoms with Gasteiger partial charge in [-0.05, 0) is 49.4 Å². The minimum absolute atomic E-state index is 0.262. The molecule has 25 heavy (non-hydrogen) atoms. The van der Waals surface area contributed by atoms with E-state index in [0.29, 0.717) is 48.7 Å². The van der Waals surface area contributed by atoms with Gasteiger partial charge < -0.3 is 18.9 Å². The lowest BCUT2D eigenvalue weighted by Crippen LogP contribution is -2.10. The lowest BCUT2D eigenvalue weighted by Gasteiger charge is -2.11. The summed E-state index contributed by atoms with van der Waals surface area (Å²) in [6.45, 7) is 3.11. The summed E-state index contributed by atoms with van der Waals surface area (Å²) in [6, 6.07) is 11.2. The second-order valence-corrected chi connectivity index (χ2v) is 5.01. The molecule has 0 amide bonds. The van der Waals surface area contributed by atoms with Crippen LogP contribution in [0.3, 0.4) is 0 Å². The minimum Gasteiger partial charge on any atom is -0.491 e. The number of hydrogen-bond donors (Lipinski definition) is 0. The number of ether oxygens (including phenoxy) is 4. The lowest BCUT2D eigenvalue weighted by atomic mass is 10.2. The smallest absolute Gasteiger partial charge is 0.343 e. The van der Waals surface area contributed by atoms with E-state index in [-0.39, 0.29) is 5.75 Å². The minimum atomic E-state index is -0.525. The van der Waals surface area contributed by atoms with E-state index in [9.17, 15) is 9.59 Å². The molecule has 0 aliphatic carbocycles. The van der Waals surface area contributed by atoms with E-state index >= 15 is 0 Å². The molecule has 0 aliphatic rings. The summed E-state index contributed by atoms with van der Waals surface area (Å²) in [5, 5.41) is 0. The quantitative estimate of drug-likeness (QED) is 0.301. The third-order valence-electron chi connectivity index (χ3n) is 3.25. The Balaban J connectivity index is 2.07. The first kappa shape index (κ1) is 18.5. The zero-order valence-electron chi connectivity index (χ0n) is 14.2. The zero-order chi connectivity index (χ0) is 18.1. The maximum Gasteiger partial charge on any atom is 0.343 e. The third kappa shape index (κ3) is 5.32. The topological polar surface area (TPSA) is 71.1 Å². The molecule has 132 valence electrons. The number of hydrogen-bond acceptors (Lipinski definition) is 6. The van der Waals surface area contributed by atoms with Crippen LogP contribution >= 0.6 is 0 Å². The molecule has 0 saturated carbocycles. The second kappa shape index (κ2) is 9.44. The number of rotatable bonds is 9. The van der Waals surface area contributed by atoms with Crippen LogP contribution in [0.25, 0.3) is 0 Å². The van der Waals surface area contributed by atoms with Crippen molar-refractivity contribution in [3.63, 3.8) is 0 Å². The van der Waals surface area contributed by atoms with Crippen molar-refractivity contribution in [2.75, 3.05) is 26.9 Å². The van der Waals surface area contributed by atoms with Crippen LogP contribution < -0.4 is 14.2 Å². The van der Waals surface area contributed by atoms with Crippen molar-refractivity contribution in [1.82, 2.24) is 0 Å². The molecule has 0 N–H and O–H groups in total. The van der Waals surface area contributed by atoms with E-state index in [0.717, 1.165) is 0 Å². The van der Waals surface area contributed by atoms with Gasteiger partial charge in [0, 0.05) is 12.7 Å². The van der Waals surface area contributed by atoms with Gasteiger partial charge in [-0.3, -0.25) is 4.79 Å². The number of esters is 1. The molecular weight excluding hydrogens is 324 g/mol. The molecule has 0 atom stereocenters. The maximum atomic E-state index is 12.3. The normalized spacial score (nSPS) is 10.2. The van der Waals surface area contributed by atoms with Crippen molar-refractivity contribution in [1.29, 1.82) is 0 Å². The first-order chi connectivity index (χ1) is 12.2.